The van der Waals surface area contributed by atoms with E-state index in [1.807, 2.05) is 12.2 Å². The molecule has 0 spiro atoms. The largest absolute Gasteiger partial charge is 0.340 e. The van der Waals surface area contributed by atoms with Crippen molar-refractivity contribution in [1.29, 1.82) is 0 Å². The number of Topliss-reactive ketones (excluding diaryl/α,β-unsaturated/α-hetero) is 1. The fourth-order valence-corrected chi connectivity index (χ4v) is 1.26. The molecule has 0 radical (unpaired) electrons. The Morgan fingerprint density at radius 1 is 1.45 bits per heavy atom. The van der Waals surface area contributed by atoms with Crippen molar-refractivity contribution in [3.05, 3.63) is 29.6 Å². The number of allylic oxidation sites excluding steroid dienone is 1. The summed E-state index contributed by atoms with van der Waals surface area (Å²) in [5.41, 5.74) is 1.65. The number of nitrogen functional groups attached to an aromatic ring is 1. The van der Waals surface area contributed by atoms with Gasteiger partial charge in [0.25, 0.3) is 0 Å². The number of rotatable bonds is 0. The molecule has 0 bridgehead atoms. The summed E-state index contributed by atoms with van der Waals surface area (Å²) in [6, 6.07) is 0. The first-order chi connectivity index (χ1) is 5.27. The Morgan fingerprint density at radius 3 is 3.00 bits per heavy atom. The van der Waals surface area contributed by atoms with Gasteiger partial charge in [-0.1, -0.05) is 12.2 Å². The normalized spacial score (nSPS) is 15.1. The second kappa shape index (κ2) is 1.99. The average Bonchev–Trinajstić information content (AvgIpc) is 2.31. The first kappa shape index (κ1) is 6.22. The molecule has 1 aromatic heterocycles. The van der Waals surface area contributed by atoms with Crippen LogP contribution in [0, 0.1) is 0 Å². The van der Waals surface area contributed by atoms with Crippen LogP contribution >= 0.6 is 0 Å². The van der Waals surface area contributed by atoms with E-state index in [1.165, 1.54) is 4.68 Å². The van der Waals surface area contributed by atoms with Crippen LogP contribution in [0.15, 0.2) is 18.5 Å². The van der Waals surface area contributed by atoms with Crippen molar-refractivity contribution < 1.29 is 4.79 Å². The number of fused-ring (bicyclic) bond motifs is 1. The highest BCUT2D eigenvalue weighted by atomic mass is 16.1. The molecular formula is C8H8N2O. The lowest BCUT2D eigenvalue weighted by Crippen LogP contribution is -2.04. The standard InChI is InChI=1S/C8H8N2O/c9-10-4-6-2-1-3-8(11)7(6)5-10/h1-2,4-5H,3,9H2. The van der Waals surface area contributed by atoms with Crippen molar-refractivity contribution in [2.75, 3.05) is 5.84 Å². The van der Waals surface area contributed by atoms with Crippen molar-refractivity contribution in [3.8, 4) is 0 Å². The summed E-state index contributed by atoms with van der Waals surface area (Å²) >= 11 is 0. The molecule has 11 heavy (non-hydrogen) atoms. The summed E-state index contributed by atoms with van der Waals surface area (Å²) in [6.45, 7) is 0. The minimum absolute atomic E-state index is 0.145. The number of ketones is 1. The van der Waals surface area contributed by atoms with Crippen LogP contribution in [0.25, 0.3) is 6.08 Å². The van der Waals surface area contributed by atoms with E-state index in [4.69, 9.17) is 5.84 Å². The SMILES string of the molecule is Nn1cc2c(c1)C(=O)CC=C2. The maximum atomic E-state index is 11.2. The van der Waals surface area contributed by atoms with Crippen molar-refractivity contribution in [2.24, 2.45) is 0 Å². The van der Waals surface area contributed by atoms with E-state index in [9.17, 15) is 4.79 Å². The molecule has 3 nitrogen and oxygen atoms in total. The van der Waals surface area contributed by atoms with Gasteiger partial charge in [0.05, 0.1) is 0 Å². The van der Waals surface area contributed by atoms with Gasteiger partial charge in [0.15, 0.2) is 5.78 Å². The van der Waals surface area contributed by atoms with Gasteiger partial charge in [-0.3, -0.25) is 9.47 Å². The Morgan fingerprint density at radius 2 is 2.27 bits per heavy atom. The van der Waals surface area contributed by atoms with Crippen LogP contribution in [0.4, 0.5) is 0 Å². The summed E-state index contributed by atoms with van der Waals surface area (Å²) < 4.78 is 1.41. The number of carbonyl (C=O) groups is 1. The highest BCUT2D eigenvalue weighted by molar-refractivity contribution is 6.02. The summed E-state index contributed by atoms with van der Waals surface area (Å²) in [5, 5.41) is 0. The lowest BCUT2D eigenvalue weighted by Gasteiger charge is -2.00. The molecule has 3 heteroatoms. The second-order valence-corrected chi connectivity index (χ2v) is 2.60. The van der Waals surface area contributed by atoms with E-state index >= 15 is 0 Å². The van der Waals surface area contributed by atoms with Crippen LogP contribution in [0.1, 0.15) is 22.3 Å². The predicted octanol–water partition coefficient (Wildman–Crippen LogP) is 0.802. The van der Waals surface area contributed by atoms with Crippen molar-refractivity contribution in [3.63, 3.8) is 0 Å². The Balaban J connectivity index is 2.62. The molecule has 0 saturated carbocycles. The maximum Gasteiger partial charge on any atom is 0.168 e. The van der Waals surface area contributed by atoms with Crippen molar-refractivity contribution >= 4 is 11.9 Å². The third-order valence-electron chi connectivity index (χ3n) is 1.78. The molecule has 0 fully saturated rings. The lowest BCUT2D eigenvalue weighted by atomic mass is 10.0. The molecule has 0 aromatic carbocycles. The Hall–Kier alpha value is -1.51. The number of hydrogen-bond donors (Lipinski definition) is 1. The highest BCUT2D eigenvalue weighted by Crippen LogP contribution is 2.18. The molecule has 1 aromatic rings. The number of hydrogen-bond acceptors (Lipinski definition) is 2. The molecule has 0 saturated heterocycles. The zero-order valence-corrected chi connectivity index (χ0v) is 5.95. The number of aromatic nitrogens is 1. The summed E-state index contributed by atoms with van der Waals surface area (Å²) in [7, 11) is 0. The van der Waals surface area contributed by atoms with Gasteiger partial charge in [-0.05, 0) is 0 Å². The minimum atomic E-state index is 0.145. The van der Waals surface area contributed by atoms with Gasteiger partial charge in [0.1, 0.15) is 0 Å². The van der Waals surface area contributed by atoms with E-state index < -0.39 is 0 Å². The molecule has 0 amide bonds. The molecule has 1 aliphatic carbocycles. The summed E-state index contributed by atoms with van der Waals surface area (Å²) in [4.78, 5) is 11.2. The Bertz CT molecular complexity index is 336. The monoisotopic (exact) mass is 148 g/mol. The number of nitrogens with zero attached hydrogens (tertiary/aromatic N) is 1. The zero-order chi connectivity index (χ0) is 7.84. The Kier molecular flexibility index (Phi) is 1.12. The molecule has 0 atom stereocenters. The van der Waals surface area contributed by atoms with E-state index in [1.54, 1.807) is 12.4 Å². The van der Waals surface area contributed by atoms with Crippen LogP contribution in [0.5, 0.6) is 0 Å². The van der Waals surface area contributed by atoms with Crippen LogP contribution < -0.4 is 5.84 Å². The van der Waals surface area contributed by atoms with Crippen LogP contribution in [-0.4, -0.2) is 10.5 Å². The molecule has 1 heterocycles. The van der Waals surface area contributed by atoms with Crippen molar-refractivity contribution in [2.45, 2.75) is 6.42 Å². The third-order valence-corrected chi connectivity index (χ3v) is 1.78. The molecule has 0 aliphatic heterocycles. The van der Waals surface area contributed by atoms with E-state index in [0.717, 1.165) is 11.1 Å². The smallest absolute Gasteiger partial charge is 0.168 e. The quantitative estimate of drug-likeness (QED) is 0.553. The van der Waals surface area contributed by atoms with E-state index in [-0.39, 0.29) is 5.78 Å². The lowest BCUT2D eigenvalue weighted by molar-refractivity contribution is 0.0994. The first-order valence-electron chi connectivity index (χ1n) is 3.44. The molecule has 0 unspecified atom stereocenters. The molecule has 2 rings (SSSR count). The zero-order valence-electron chi connectivity index (χ0n) is 5.95. The third kappa shape index (κ3) is 0.852. The topological polar surface area (TPSA) is 48.0 Å². The van der Waals surface area contributed by atoms with Gasteiger partial charge < -0.3 is 5.84 Å². The molecule has 56 valence electrons. The Labute approximate surface area is 64.1 Å². The second-order valence-electron chi connectivity index (χ2n) is 2.60. The van der Waals surface area contributed by atoms with Gasteiger partial charge in [0.2, 0.25) is 0 Å². The highest BCUT2D eigenvalue weighted by Gasteiger charge is 2.14. The van der Waals surface area contributed by atoms with Crippen LogP contribution in [0.2, 0.25) is 0 Å². The average molecular weight is 148 g/mol. The maximum absolute atomic E-state index is 11.2. The first-order valence-corrected chi connectivity index (χ1v) is 3.44. The van der Waals surface area contributed by atoms with Crippen LogP contribution in [-0.2, 0) is 0 Å². The van der Waals surface area contributed by atoms with Gasteiger partial charge >= 0.3 is 0 Å². The number of carbonyl (C=O) groups excluding carboxylic acids is 1. The summed E-state index contributed by atoms with van der Waals surface area (Å²) in [5.74, 6) is 5.60. The van der Waals surface area contributed by atoms with Gasteiger partial charge in [-0.2, -0.15) is 0 Å². The van der Waals surface area contributed by atoms with Crippen LogP contribution in [0.3, 0.4) is 0 Å². The molecular weight excluding hydrogens is 140 g/mol. The predicted molar refractivity (Wildman–Crippen MR) is 42.6 cm³/mol. The number of nitrogens with two attached hydrogens (primary N) is 1. The summed E-state index contributed by atoms with van der Waals surface area (Å²) in [6.07, 6.45) is 7.66. The minimum Gasteiger partial charge on any atom is -0.340 e. The van der Waals surface area contributed by atoms with E-state index in [2.05, 4.69) is 0 Å². The fraction of sp³-hybridized carbons (Fsp3) is 0.125. The van der Waals surface area contributed by atoms with Gasteiger partial charge in [-0.15, -0.1) is 0 Å². The van der Waals surface area contributed by atoms with Gasteiger partial charge in [-0.25, -0.2) is 0 Å². The van der Waals surface area contributed by atoms with Crippen molar-refractivity contribution in [1.82, 2.24) is 4.68 Å². The molecule has 2 N–H and O–H groups in total. The van der Waals surface area contributed by atoms with E-state index in [0.29, 0.717) is 6.42 Å². The molecule has 1 aliphatic rings. The fourth-order valence-electron chi connectivity index (χ4n) is 1.26. The van der Waals surface area contributed by atoms with Gasteiger partial charge in [0, 0.05) is 29.9 Å².